The van der Waals surface area contributed by atoms with E-state index < -0.39 is 20.5 Å². The summed E-state index contributed by atoms with van der Waals surface area (Å²) in [5, 5.41) is 2.95. The molecule has 3 rings (SSSR count). The number of nitrogens with one attached hydrogen (secondary N) is 1. The molecule has 154 valence electrons. The molecule has 0 spiro atoms. The molecule has 1 fully saturated rings. The summed E-state index contributed by atoms with van der Waals surface area (Å²) in [6.45, 7) is 0.852. The van der Waals surface area contributed by atoms with Crippen molar-refractivity contribution in [2.45, 2.75) is 29.5 Å². The highest BCUT2D eigenvalue weighted by Gasteiger charge is 2.28. The van der Waals surface area contributed by atoms with Crippen LogP contribution in [0.3, 0.4) is 0 Å². The Bertz CT molecular complexity index is 971. The molecule has 1 saturated heterocycles. The van der Waals surface area contributed by atoms with Crippen molar-refractivity contribution in [2.24, 2.45) is 0 Å². The number of sulfone groups is 1. The summed E-state index contributed by atoms with van der Waals surface area (Å²) < 4.78 is 48.1. The van der Waals surface area contributed by atoms with Crippen molar-refractivity contribution in [2.75, 3.05) is 13.1 Å². The Balaban J connectivity index is 1.57. The minimum Gasteiger partial charge on any atom is -0.349 e. The van der Waals surface area contributed by atoms with E-state index in [0.717, 1.165) is 12.1 Å². The van der Waals surface area contributed by atoms with Crippen LogP contribution in [0.15, 0.2) is 59.5 Å². The number of carbonyl (C=O) groups is 2. The summed E-state index contributed by atoms with van der Waals surface area (Å²) in [6, 6.07) is 13.3. The first-order valence-corrected chi connectivity index (χ1v) is 10.6. The fourth-order valence-electron chi connectivity index (χ4n) is 3.16. The summed E-state index contributed by atoms with van der Waals surface area (Å²) in [7, 11) is -4.68. The predicted octanol–water partition coefficient (Wildman–Crippen LogP) is 2.72. The average Bonchev–Trinajstić information content (AvgIpc) is 2.74. The van der Waals surface area contributed by atoms with Crippen molar-refractivity contribution in [3.05, 3.63) is 65.7 Å². The first kappa shape index (κ1) is 20.9. The molecule has 2 aromatic rings. The maximum Gasteiger partial charge on any atom is 0.341 e. The minimum absolute atomic E-state index is 0.0506. The lowest BCUT2D eigenvalue weighted by Gasteiger charge is -2.32. The molecule has 1 aliphatic rings. The third-order valence-electron chi connectivity index (χ3n) is 4.82. The van der Waals surface area contributed by atoms with Crippen LogP contribution in [0, 0.1) is 0 Å². The van der Waals surface area contributed by atoms with Crippen molar-refractivity contribution in [1.29, 1.82) is 0 Å². The second-order valence-electron chi connectivity index (χ2n) is 6.74. The number of nitrogens with zero attached hydrogens (tertiary/aromatic N) is 1. The van der Waals surface area contributed by atoms with Crippen LogP contribution in [-0.2, 0) is 9.84 Å². The van der Waals surface area contributed by atoms with E-state index in [1.165, 1.54) is 12.1 Å². The molecule has 0 unspecified atom stereocenters. The zero-order valence-corrected chi connectivity index (χ0v) is 16.2. The highest BCUT2D eigenvalue weighted by molar-refractivity contribution is 7.91. The number of amides is 2. The maximum absolute atomic E-state index is 12.6. The summed E-state index contributed by atoms with van der Waals surface area (Å²) >= 11 is 0. The second-order valence-corrected chi connectivity index (χ2v) is 8.65. The highest BCUT2D eigenvalue weighted by Crippen LogP contribution is 2.20. The number of carbonyl (C=O) groups excluding carboxylic acids is 2. The topological polar surface area (TPSA) is 83.6 Å². The molecule has 0 atom stereocenters. The van der Waals surface area contributed by atoms with Gasteiger partial charge in [-0.1, -0.05) is 18.2 Å². The molecule has 0 radical (unpaired) electrons. The quantitative estimate of drug-likeness (QED) is 0.803. The molecule has 6 nitrogen and oxygen atoms in total. The van der Waals surface area contributed by atoms with Gasteiger partial charge in [-0.25, -0.2) is 8.42 Å². The molecule has 1 heterocycles. The first-order valence-electron chi connectivity index (χ1n) is 9.06. The Kier molecular flexibility index (Phi) is 6.26. The average molecular weight is 422 g/mol. The van der Waals surface area contributed by atoms with Gasteiger partial charge in [0.15, 0.2) is 0 Å². The van der Waals surface area contributed by atoms with Crippen molar-refractivity contribution in [3.8, 4) is 0 Å². The fourth-order valence-corrected chi connectivity index (χ4v) is 3.88. The number of alkyl halides is 2. The number of benzene rings is 2. The Morgan fingerprint density at radius 3 is 2.07 bits per heavy atom. The molecule has 0 aliphatic carbocycles. The van der Waals surface area contributed by atoms with Crippen molar-refractivity contribution < 1.29 is 26.8 Å². The van der Waals surface area contributed by atoms with Crippen LogP contribution in [0.25, 0.3) is 0 Å². The lowest BCUT2D eigenvalue weighted by Crippen LogP contribution is -2.46. The molecule has 0 aromatic heterocycles. The number of piperidine rings is 1. The Labute approximate surface area is 167 Å². The van der Waals surface area contributed by atoms with Gasteiger partial charge in [0.05, 0.1) is 4.90 Å². The van der Waals surface area contributed by atoms with Gasteiger partial charge in [0.1, 0.15) is 0 Å². The standard InChI is InChI=1S/C20H20F2N2O4S/c21-20(22)29(27,28)17-8-6-15(7-9-17)19(26)24-12-10-16(11-13-24)23-18(25)14-4-2-1-3-5-14/h1-9,16,20H,10-13H2,(H,23,25). The first-order chi connectivity index (χ1) is 13.8. The Morgan fingerprint density at radius 2 is 1.52 bits per heavy atom. The second kappa shape index (κ2) is 8.69. The smallest absolute Gasteiger partial charge is 0.341 e. The van der Waals surface area contributed by atoms with Crippen LogP contribution in [0.5, 0.6) is 0 Å². The molecule has 0 bridgehead atoms. The van der Waals surface area contributed by atoms with Gasteiger partial charge in [-0.05, 0) is 49.2 Å². The van der Waals surface area contributed by atoms with Gasteiger partial charge in [0.25, 0.3) is 11.8 Å². The van der Waals surface area contributed by atoms with Crippen LogP contribution >= 0.6 is 0 Å². The summed E-state index contributed by atoms with van der Waals surface area (Å²) in [4.78, 5) is 25.9. The molecule has 2 aromatic carbocycles. The van der Waals surface area contributed by atoms with Gasteiger partial charge in [-0.2, -0.15) is 8.78 Å². The van der Waals surface area contributed by atoms with Gasteiger partial charge < -0.3 is 10.2 Å². The zero-order chi connectivity index (χ0) is 21.0. The Morgan fingerprint density at radius 1 is 0.931 bits per heavy atom. The lowest BCUT2D eigenvalue weighted by molar-refractivity contribution is 0.0698. The van der Waals surface area contributed by atoms with Crippen molar-refractivity contribution in [1.82, 2.24) is 10.2 Å². The van der Waals surface area contributed by atoms with E-state index in [1.807, 2.05) is 6.07 Å². The fraction of sp³-hybridized carbons (Fsp3) is 0.300. The largest absolute Gasteiger partial charge is 0.349 e. The summed E-state index contributed by atoms with van der Waals surface area (Å²) in [5.41, 5.74) is 0.801. The van der Waals surface area contributed by atoms with Crippen molar-refractivity contribution >= 4 is 21.7 Å². The van der Waals surface area contributed by atoms with Crippen LogP contribution in [0.2, 0.25) is 0 Å². The minimum atomic E-state index is -4.68. The lowest BCUT2D eigenvalue weighted by atomic mass is 10.0. The van der Waals surface area contributed by atoms with Gasteiger partial charge in [0.2, 0.25) is 9.84 Å². The Hall–Kier alpha value is -2.81. The third kappa shape index (κ3) is 4.79. The van der Waals surface area contributed by atoms with Gasteiger partial charge >= 0.3 is 5.76 Å². The van der Waals surface area contributed by atoms with Gasteiger partial charge in [0, 0.05) is 30.3 Å². The number of hydrogen-bond donors (Lipinski definition) is 1. The molecule has 9 heteroatoms. The molecule has 2 amide bonds. The van der Waals surface area contributed by atoms with E-state index in [1.54, 1.807) is 29.2 Å². The zero-order valence-electron chi connectivity index (χ0n) is 15.4. The highest BCUT2D eigenvalue weighted by atomic mass is 32.2. The number of hydrogen-bond acceptors (Lipinski definition) is 4. The molecule has 0 saturated carbocycles. The number of rotatable bonds is 5. The van der Waals surface area contributed by atoms with E-state index in [0.29, 0.717) is 31.5 Å². The molecule has 29 heavy (non-hydrogen) atoms. The van der Waals surface area contributed by atoms with E-state index in [-0.39, 0.29) is 23.4 Å². The molecular weight excluding hydrogens is 402 g/mol. The van der Waals surface area contributed by atoms with E-state index >= 15 is 0 Å². The third-order valence-corrected chi connectivity index (χ3v) is 6.22. The SMILES string of the molecule is O=C(NC1CCN(C(=O)c2ccc(S(=O)(=O)C(F)F)cc2)CC1)c1ccccc1. The maximum atomic E-state index is 12.6. The monoisotopic (exact) mass is 422 g/mol. The van der Waals surface area contributed by atoms with Gasteiger partial charge in [-0.3, -0.25) is 9.59 Å². The molecular formula is C20H20F2N2O4S. The summed E-state index contributed by atoms with van der Waals surface area (Å²) in [6.07, 6.45) is 1.17. The van der Waals surface area contributed by atoms with Crippen LogP contribution in [0.1, 0.15) is 33.6 Å². The summed E-state index contributed by atoms with van der Waals surface area (Å²) in [5.74, 6) is -3.97. The number of likely N-dealkylation sites (tertiary alicyclic amines) is 1. The molecule has 1 aliphatic heterocycles. The molecule has 1 N–H and O–H groups in total. The van der Waals surface area contributed by atoms with E-state index in [4.69, 9.17) is 0 Å². The number of halogens is 2. The van der Waals surface area contributed by atoms with Crippen LogP contribution in [0.4, 0.5) is 8.78 Å². The van der Waals surface area contributed by atoms with E-state index in [9.17, 15) is 26.8 Å². The van der Waals surface area contributed by atoms with Crippen molar-refractivity contribution in [3.63, 3.8) is 0 Å². The van der Waals surface area contributed by atoms with E-state index in [2.05, 4.69) is 5.32 Å². The normalized spacial score (nSPS) is 15.3. The van der Waals surface area contributed by atoms with Crippen LogP contribution in [-0.4, -0.2) is 50.0 Å². The van der Waals surface area contributed by atoms with Crippen LogP contribution < -0.4 is 5.32 Å². The predicted molar refractivity (Wildman–Crippen MR) is 102 cm³/mol. The van der Waals surface area contributed by atoms with Gasteiger partial charge in [-0.15, -0.1) is 0 Å².